The summed E-state index contributed by atoms with van der Waals surface area (Å²) >= 11 is 6.13. The smallest absolute Gasteiger partial charge is 0.410 e. The first kappa shape index (κ1) is 17.5. The van der Waals surface area contributed by atoms with Gasteiger partial charge in [-0.05, 0) is 39.3 Å². The molecule has 8 heteroatoms. The van der Waals surface area contributed by atoms with Crippen molar-refractivity contribution in [1.29, 1.82) is 0 Å². The van der Waals surface area contributed by atoms with Crippen molar-refractivity contribution in [1.82, 2.24) is 15.0 Å². The van der Waals surface area contributed by atoms with Crippen molar-refractivity contribution in [3.05, 3.63) is 29.0 Å². The Kier molecular flexibility index (Phi) is 4.60. The predicted octanol–water partition coefficient (Wildman–Crippen LogP) is 4.08. The van der Waals surface area contributed by atoms with Crippen molar-refractivity contribution in [3.8, 4) is 17.2 Å². The fourth-order valence-electron chi connectivity index (χ4n) is 2.56. The van der Waals surface area contributed by atoms with Gasteiger partial charge in [0.05, 0.1) is 17.7 Å². The molecule has 134 valence electrons. The van der Waals surface area contributed by atoms with Crippen molar-refractivity contribution >= 4 is 17.7 Å². The number of hydrogen-bond acceptors (Lipinski definition) is 6. The van der Waals surface area contributed by atoms with Gasteiger partial charge in [-0.1, -0.05) is 22.8 Å². The van der Waals surface area contributed by atoms with E-state index >= 15 is 0 Å². The molecule has 1 unspecified atom stereocenters. The largest absolute Gasteiger partial charge is 0.494 e. The summed E-state index contributed by atoms with van der Waals surface area (Å²) in [6.45, 7) is 6.09. The number of ether oxygens (including phenoxy) is 2. The van der Waals surface area contributed by atoms with E-state index in [2.05, 4.69) is 10.1 Å². The number of carbonyl (C=O) groups is 1. The molecular weight excluding hydrogens is 346 g/mol. The third-order valence-electron chi connectivity index (χ3n) is 3.79. The molecule has 1 aliphatic rings. The molecule has 1 aromatic heterocycles. The van der Waals surface area contributed by atoms with E-state index in [0.717, 1.165) is 6.42 Å². The molecule has 0 spiro atoms. The van der Waals surface area contributed by atoms with Gasteiger partial charge in [0.2, 0.25) is 0 Å². The number of halogens is 1. The van der Waals surface area contributed by atoms with Crippen LogP contribution in [0.3, 0.4) is 0 Å². The lowest BCUT2D eigenvalue weighted by Gasteiger charge is -2.39. The molecule has 1 atom stereocenters. The third kappa shape index (κ3) is 3.56. The second-order valence-electron chi connectivity index (χ2n) is 6.76. The van der Waals surface area contributed by atoms with Crippen molar-refractivity contribution in [2.45, 2.75) is 38.8 Å². The molecule has 3 rings (SSSR count). The Bertz CT molecular complexity index is 784. The summed E-state index contributed by atoms with van der Waals surface area (Å²) in [6.07, 6.45) is 0.376. The van der Waals surface area contributed by atoms with Gasteiger partial charge in [-0.15, -0.1) is 0 Å². The lowest BCUT2D eigenvalue weighted by molar-refractivity contribution is -0.00772. The van der Waals surface area contributed by atoms with E-state index in [-0.39, 0.29) is 12.1 Å². The fraction of sp³-hybridized carbons (Fsp3) is 0.471. The maximum absolute atomic E-state index is 12.2. The van der Waals surface area contributed by atoms with E-state index in [4.69, 9.17) is 25.6 Å². The first-order valence-corrected chi connectivity index (χ1v) is 8.34. The molecule has 1 amide bonds. The van der Waals surface area contributed by atoms with Crippen LogP contribution in [0.25, 0.3) is 11.5 Å². The maximum Gasteiger partial charge on any atom is 0.410 e. The number of benzene rings is 1. The molecule has 0 N–H and O–H groups in total. The molecule has 1 aromatic carbocycles. The van der Waals surface area contributed by atoms with Crippen LogP contribution in [0.2, 0.25) is 5.02 Å². The summed E-state index contributed by atoms with van der Waals surface area (Å²) in [4.78, 5) is 18.2. The SMILES string of the molecule is COc1c(Cl)cccc1-c1nc(C2CCN2C(=O)OC(C)(C)C)no1. The highest BCUT2D eigenvalue weighted by molar-refractivity contribution is 6.32. The second-order valence-corrected chi connectivity index (χ2v) is 7.16. The van der Waals surface area contributed by atoms with Crippen LogP contribution >= 0.6 is 11.6 Å². The number of likely N-dealkylation sites (tertiary alicyclic amines) is 1. The zero-order valence-corrected chi connectivity index (χ0v) is 15.3. The fourth-order valence-corrected chi connectivity index (χ4v) is 2.81. The molecule has 7 nitrogen and oxygen atoms in total. The van der Waals surface area contributed by atoms with Crippen LogP contribution in [-0.2, 0) is 4.74 Å². The van der Waals surface area contributed by atoms with E-state index in [1.54, 1.807) is 23.1 Å². The second kappa shape index (κ2) is 6.55. The molecule has 0 saturated carbocycles. The Morgan fingerprint density at radius 3 is 2.76 bits per heavy atom. The van der Waals surface area contributed by atoms with E-state index in [0.29, 0.717) is 34.6 Å². The lowest BCUT2D eigenvalue weighted by Crippen LogP contribution is -2.47. The highest BCUT2D eigenvalue weighted by Gasteiger charge is 2.39. The van der Waals surface area contributed by atoms with Crippen LogP contribution in [0.4, 0.5) is 4.79 Å². The van der Waals surface area contributed by atoms with Gasteiger partial charge >= 0.3 is 6.09 Å². The summed E-state index contributed by atoms with van der Waals surface area (Å²) < 4.78 is 16.1. The maximum atomic E-state index is 12.2. The van der Waals surface area contributed by atoms with Gasteiger partial charge in [0.1, 0.15) is 17.4 Å². The molecule has 0 bridgehead atoms. The van der Waals surface area contributed by atoms with Crippen molar-refractivity contribution in [3.63, 3.8) is 0 Å². The molecule has 1 aliphatic heterocycles. The number of aromatic nitrogens is 2. The Hall–Kier alpha value is -2.28. The van der Waals surface area contributed by atoms with Gasteiger partial charge in [-0.2, -0.15) is 4.98 Å². The number of carbonyl (C=O) groups excluding carboxylic acids is 1. The minimum absolute atomic E-state index is 0.252. The number of hydrogen-bond donors (Lipinski definition) is 0. The molecule has 25 heavy (non-hydrogen) atoms. The summed E-state index contributed by atoms with van der Waals surface area (Å²) in [5.74, 6) is 1.21. The topological polar surface area (TPSA) is 77.7 Å². The minimum atomic E-state index is -0.548. The Labute approximate surface area is 150 Å². The van der Waals surface area contributed by atoms with Gasteiger partial charge in [0.25, 0.3) is 5.89 Å². The first-order chi connectivity index (χ1) is 11.8. The van der Waals surface area contributed by atoms with Crippen LogP contribution in [0, 0.1) is 0 Å². The molecule has 1 fully saturated rings. The molecule has 2 heterocycles. The Balaban J connectivity index is 1.81. The molecular formula is C17H20ClN3O4. The summed E-state index contributed by atoms with van der Waals surface area (Å²) in [7, 11) is 1.53. The van der Waals surface area contributed by atoms with Gasteiger partial charge < -0.3 is 14.0 Å². The monoisotopic (exact) mass is 365 g/mol. The average molecular weight is 366 g/mol. The minimum Gasteiger partial charge on any atom is -0.494 e. The summed E-state index contributed by atoms with van der Waals surface area (Å²) in [5.41, 5.74) is 0.0604. The van der Waals surface area contributed by atoms with Crippen LogP contribution < -0.4 is 4.74 Å². The zero-order chi connectivity index (χ0) is 18.2. The third-order valence-corrected chi connectivity index (χ3v) is 4.09. The first-order valence-electron chi connectivity index (χ1n) is 7.96. The highest BCUT2D eigenvalue weighted by atomic mass is 35.5. The van der Waals surface area contributed by atoms with Crippen LogP contribution in [0.15, 0.2) is 22.7 Å². The molecule has 0 aliphatic carbocycles. The van der Waals surface area contributed by atoms with Crippen molar-refractivity contribution in [2.24, 2.45) is 0 Å². The average Bonchev–Trinajstić information content (AvgIpc) is 2.92. The van der Waals surface area contributed by atoms with E-state index in [1.165, 1.54) is 7.11 Å². The van der Waals surface area contributed by atoms with E-state index in [9.17, 15) is 4.79 Å². The molecule has 1 saturated heterocycles. The van der Waals surface area contributed by atoms with Crippen molar-refractivity contribution in [2.75, 3.05) is 13.7 Å². The number of nitrogens with zero attached hydrogens (tertiary/aromatic N) is 3. The van der Waals surface area contributed by atoms with Crippen LogP contribution in [0.1, 0.15) is 39.1 Å². The van der Waals surface area contributed by atoms with E-state index < -0.39 is 5.60 Å². The van der Waals surface area contributed by atoms with E-state index in [1.807, 2.05) is 20.8 Å². The standard InChI is InChI=1S/C17H20ClN3O4/c1-17(2,3)24-16(22)21-9-8-12(21)14-19-15(25-20-14)10-6-5-7-11(18)13(10)23-4/h5-7,12H,8-9H2,1-4H3. The van der Waals surface area contributed by atoms with Crippen LogP contribution in [0.5, 0.6) is 5.75 Å². The molecule has 2 aromatic rings. The Morgan fingerprint density at radius 1 is 1.40 bits per heavy atom. The van der Waals surface area contributed by atoms with Gasteiger partial charge in [0, 0.05) is 6.54 Å². The number of rotatable bonds is 3. The predicted molar refractivity (Wildman–Crippen MR) is 91.6 cm³/mol. The highest BCUT2D eigenvalue weighted by Crippen LogP contribution is 2.37. The number of para-hydroxylation sites is 1. The van der Waals surface area contributed by atoms with Gasteiger partial charge in [0.15, 0.2) is 5.82 Å². The normalized spacial score (nSPS) is 17.2. The summed E-state index contributed by atoms with van der Waals surface area (Å²) in [5, 5.41) is 4.47. The van der Waals surface area contributed by atoms with Crippen molar-refractivity contribution < 1.29 is 18.8 Å². The van der Waals surface area contributed by atoms with Gasteiger partial charge in [-0.25, -0.2) is 4.79 Å². The Morgan fingerprint density at radius 2 is 2.16 bits per heavy atom. The van der Waals surface area contributed by atoms with Gasteiger partial charge in [-0.3, -0.25) is 4.90 Å². The quantitative estimate of drug-likeness (QED) is 0.815. The zero-order valence-electron chi connectivity index (χ0n) is 14.6. The number of amides is 1. The number of methoxy groups -OCH3 is 1. The summed E-state index contributed by atoms with van der Waals surface area (Å²) in [6, 6.07) is 5.03. The van der Waals surface area contributed by atoms with Crippen LogP contribution in [-0.4, -0.2) is 40.4 Å². The molecule has 0 radical (unpaired) electrons. The lowest BCUT2D eigenvalue weighted by atomic mass is 10.0.